The van der Waals surface area contributed by atoms with Crippen molar-refractivity contribution in [1.82, 2.24) is 10.3 Å². The van der Waals surface area contributed by atoms with Crippen molar-refractivity contribution < 1.29 is 23.1 Å². The predicted octanol–water partition coefficient (Wildman–Crippen LogP) is 1.04. The molecule has 4 nitrogen and oxygen atoms in total. The normalized spacial score (nSPS) is 13.2. The molecule has 0 aromatic carbocycles. The third kappa shape index (κ3) is 4.03. The van der Waals surface area contributed by atoms with Crippen LogP contribution in [-0.2, 0) is 0 Å². The van der Waals surface area contributed by atoms with Gasteiger partial charge in [0.25, 0.3) is 5.91 Å². The van der Waals surface area contributed by atoms with Crippen LogP contribution in [0.4, 0.5) is 13.2 Å². The highest BCUT2D eigenvalue weighted by Crippen LogP contribution is 2.19. The largest absolute Gasteiger partial charge is 0.416 e. The van der Waals surface area contributed by atoms with Gasteiger partial charge in [-0.1, -0.05) is 0 Å². The fourth-order valence-electron chi connectivity index (χ4n) is 1.01. The number of hydrogen-bond donors (Lipinski definition) is 2. The van der Waals surface area contributed by atoms with Gasteiger partial charge in [0.15, 0.2) is 6.10 Å². The highest BCUT2D eigenvalue weighted by molar-refractivity contribution is 5.93. The summed E-state index contributed by atoms with van der Waals surface area (Å²) in [6.45, 7) is 0.839. The van der Waals surface area contributed by atoms with Gasteiger partial charge in [0, 0.05) is 11.9 Å². The summed E-state index contributed by atoms with van der Waals surface area (Å²) in [6, 6.07) is 3.01. The maximum absolute atomic E-state index is 11.9. The van der Waals surface area contributed by atoms with Gasteiger partial charge >= 0.3 is 6.18 Å². The van der Waals surface area contributed by atoms with E-state index >= 15 is 0 Å². The van der Waals surface area contributed by atoms with Gasteiger partial charge in [-0.2, -0.15) is 13.2 Å². The standard InChI is InChI=1S/C10H11F3N2O2/c1-6-2-3-7(4-14-6)9(17)15-5-8(16)10(11,12)13/h2-4,8,16H,5H2,1H3,(H,15,17). The van der Waals surface area contributed by atoms with Gasteiger partial charge in [0.05, 0.1) is 12.1 Å². The summed E-state index contributed by atoms with van der Waals surface area (Å²) in [6.07, 6.45) is -6.05. The number of aryl methyl sites for hydroxylation is 1. The van der Waals surface area contributed by atoms with Crippen LogP contribution in [0.3, 0.4) is 0 Å². The number of aromatic nitrogens is 1. The first-order valence-corrected chi connectivity index (χ1v) is 4.76. The van der Waals surface area contributed by atoms with Crippen LogP contribution in [-0.4, -0.2) is 34.8 Å². The zero-order chi connectivity index (χ0) is 13.1. The number of hydrogen-bond acceptors (Lipinski definition) is 3. The molecule has 0 saturated heterocycles. The second kappa shape index (κ2) is 5.13. The van der Waals surface area contributed by atoms with Gasteiger partial charge in [0.1, 0.15) is 0 Å². The number of nitrogens with zero attached hydrogens (tertiary/aromatic N) is 1. The van der Waals surface area contributed by atoms with Crippen LogP contribution in [0, 0.1) is 6.92 Å². The maximum atomic E-state index is 11.9. The second-order valence-corrected chi connectivity index (χ2v) is 3.46. The molecule has 0 aliphatic heterocycles. The molecule has 1 unspecified atom stereocenters. The van der Waals surface area contributed by atoms with Crippen molar-refractivity contribution in [2.75, 3.05) is 6.54 Å². The molecule has 0 spiro atoms. The molecule has 1 rings (SSSR count). The fourth-order valence-corrected chi connectivity index (χ4v) is 1.01. The first-order chi connectivity index (χ1) is 7.80. The summed E-state index contributed by atoms with van der Waals surface area (Å²) in [7, 11) is 0. The summed E-state index contributed by atoms with van der Waals surface area (Å²) in [5.74, 6) is -0.708. The van der Waals surface area contributed by atoms with Crippen LogP contribution in [0.2, 0.25) is 0 Å². The molecule has 0 aliphatic carbocycles. The number of halogens is 3. The summed E-state index contributed by atoms with van der Waals surface area (Å²) < 4.78 is 35.8. The number of carbonyl (C=O) groups is 1. The summed E-state index contributed by atoms with van der Waals surface area (Å²) in [5, 5.41) is 10.6. The van der Waals surface area contributed by atoms with E-state index < -0.39 is 24.7 Å². The Hall–Kier alpha value is -1.63. The van der Waals surface area contributed by atoms with E-state index in [-0.39, 0.29) is 5.56 Å². The molecule has 1 heterocycles. The van der Waals surface area contributed by atoms with Crippen molar-refractivity contribution in [3.8, 4) is 0 Å². The van der Waals surface area contributed by atoms with E-state index in [1.807, 2.05) is 5.32 Å². The first-order valence-electron chi connectivity index (χ1n) is 4.76. The Labute approximate surface area is 95.5 Å². The monoisotopic (exact) mass is 248 g/mol. The maximum Gasteiger partial charge on any atom is 0.416 e. The van der Waals surface area contributed by atoms with Crippen molar-refractivity contribution in [2.45, 2.75) is 19.2 Å². The number of rotatable bonds is 3. The molecule has 17 heavy (non-hydrogen) atoms. The summed E-state index contributed by atoms with van der Waals surface area (Å²) in [4.78, 5) is 15.2. The summed E-state index contributed by atoms with van der Waals surface area (Å²) in [5.41, 5.74) is 0.835. The molecular weight excluding hydrogens is 237 g/mol. The number of carbonyl (C=O) groups excluding carboxylic acids is 1. The third-order valence-corrected chi connectivity index (χ3v) is 2.01. The van der Waals surface area contributed by atoms with Gasteiger partial charge < -0.3 is 10.4 Å². The van der Waals surface area contributed by atoms with Crippen LogP contribution in [0.15, 0.2) is 18.3 Å². The lowest BCUT2D eigenvalue weighted by Crippen LogP contribution is -2.40. The quantitative estimate of drug-likeness (QED) is 0.840. The van der Waals surface area contributed by atoms with E-state index in [1.165, 1.54) is 12.3 Å². The average Bonchev–Trinajstić information content (AvgIpc) is 2.25. The molecule has 7 heteroatoms. The van der Waals surface area contributed by atoms with Crippen molar-refractivity contribution in [3.05, 3.63) is 29.6 Å². The molecule has 1 atom stereocenters. The predicted molar refractivity (Wildman–Crippen MR) is 53.4 cm³/mol. The van der Waals surface area contributed by atoms with Gasteiger partial charge in [-0.25, -0.2) is 0 Å². The highest BCUT2D eigenvalue weighted by Gasteiger charge is 2.38. The number of nitrogens with one attached hydrogen (secondary N) is 1. The minimum absolute atomic E-state index is 0.143. The van der Waals surface area contributed by atoms with Gasteiger partial charge in [-0.15, -0.1) is 0 Å². The zero-order valence-corrected chi connectivity index (χ0v) is 8.95. The molecule has 0 aliphatic rings. The third-order valence-electron chi connectivity index (χ3n) is 2.01. The van der Waals surface area contributed by atoms with Crippen LogP contribution in [0.5, 0.6) is 0 Å². The number of alkyl halides is 3. The molecule has 1 aromatic heterocycles. The Bertz CT molecular complexity index is 390. The molecule has 0 fully saturated rings. The smallest absolute Gasteiger partial charge is 0.382 e. The Morgan fingerprint density at radius 1 is 1.53 bits per heavy atom. The number of amides is 1. The molecular formula is C10H11F3N2O2. The van der Waals surface area contributed by atoms with Crippen molar-refractivity contribution in [3.63, 3.8) is 0 Å². The molecule has 94 valence electrons. The van der Waals surface area contributed by atoms with Crippen LogP contribution in [0.1, 0.15) is 16.1 Å². The Morgan fingerprint density at radius 3 is 2.65 bits per heavy atom. The van der Waals surface area contributed by atoms with E-state index in [0.29, 0.717) is 5.69 Å². The first kappa shape index (κ1) is 13.4. The number of aliphatic hydroxyl groups is 1. The molecule has 0 radical (unpaired) electrons. The Balaban J connectivity index is 2.53. The molecule has 1 aromatic rings. The van der Waals surface area contributed by atoms with Crippen molar-refractivity contribution in [2.24, 2.45) is 0 Å². The van der Waals surface area contributed by atoms with E-state index in [0.717, 1.165) is 0 Å². The van der Waals surface area contributed by atoms with Crippen molar-refractivity contribution in [1.29, 1.82) is 0 Å². The van der Waals surface area contributed by atoms with Gasteiger partial charge in [-0.3, -0.25) is 9.78 Å². The van der Waals surface area contributed by atoms with Crippen LogP contribution >= 0.6 is 0 Å². The lowest BCUT2D eigenvalue weighted by molar-refractivity contribution is -0.201. The lowest BCUT2D eigenvalue weighted by Gasteiger charge is -2.14. The molecule has 2 N–H and O–H groups in total. The average molecular weight is 248 g/mol. The molecule has 1 amide bonds. The van der Waals surface area contributed by atoms with E-state index in [1.54, 1.807) is 13.0 Å². The summed E-state index contributed by atoms with van der Waals surface area (Å²) >= 11 is 0. The highest BCUT2D eigenvalue weighted by atomic mass is 19.4. The van der Waals surface area contributed by atoms with Crippen molar-refractivity contribution >= 4 is 5.91 Å². The van der Waals surface area contributed by atoms with E-state index in [4.69, 9.17) is 5.11 Å². The molecule has 0 bridgehead atoms. The second-order valence-electron chi connectivity index (χ2n) is 3.46. The van der Waals surface area contributed by atoms with Crippen LogP contribution in [0.25, 0.3) is 0 Å². The topological polar surface area (TPSA) is 62.2 Å². The lowest BCUT2D eigenvalue weighted by atomic mass is 10.2. The molecule has 0 saturated carbocycles. The Morgan fingerprint density at radius 2 is 2.18 bits per heavy atom. The van der Waals surface area contributed by atoms with Gasteiger partial charge in [-0.05, 0) is 19.1 Å². The Kier molecular flexibility index (Phi) is 4.06. The fraction of sp³-hybridized carbons (Fsp3) is 0.400. The van der Waals surface area contributed by atoms with E-state index in [9.17, 15) is 18.0 Å². The number of aliphatic hydroxyl groups excluding tert-OH is 1. The van der Waals surface area contributed by atoms with Crippen LogP contribution < -0.4 is 5.32 Å². The zero-order valence-electron chi connectivity index (χ0n) is 8.95. The van der Waals surface area contributed by atoms with E-state index in [2.05, 4.69) is 4.98 Å². The van der Waals surface area contributed by atoms with Gasteiger partial charge in [0.2, 0.25) is 0 Å². The SMILES string of the molecule is Cc1ccc(C(=O)NCC(O)C(F)(F)F)cn1. The minimum Gasteiger partial charge on any atom is -0.382 e. The number of pyridine rings is 1. The minimum atomic E-state index is -4.74.